The number of aromatic carboxylic acids is 2. The summed E-state index contributed by atoms with van der Waals surface area (Å²) in [5, 5.41) is 19.8. The van der Waals surface area contributed by atoms with Crippen molar-refractivity contribution in [3.05, 3.63) is 28.8 Å². The summed E-state index contributed by atoms with van der Waals surface area (Å²) >= 11 is 0. The normalized spacial score (nSPS) is 13.9. The summed E-state index contributed by atoms with van der Waals surface area (Å²) in [6.45, 7) is 24.7. The molecule has 0 fully saturated rings. The largest absolute Gasteiger partial charge is 0.531 e. The molecule has 0 aromatic heterocycles. The molecule has 1 aromatic carbocycles. The van der Waals surface area contributed by atoms with Gasteiger partial charge in [0.2, 0.25) is 0 Å². The van der Waals surface area contributed by atoms with E-state index in [1.165, 1.54) is 6.07 Å². The second kappa shape index (κ2) is 11.4. The minimum atomic E-state index is -4.37. The Morgan fingerprint density at radius 3 is 1.68 bits per heavy atom. The molecule has 0 aliphatic rings. The van der Waals surface area contributed by atoms with E-state index in [0.717, 1.165) is 6.07 Å². The molecule has 2 N–H and O–H groups in total. The molecule has 0 radical (unpaired) electrons. The lowest BCUT2D eigenvalue weighted by atomic mass is 9.78. The molecule has 0 atom stereocenters. The van der Waals surface area contributed by atoms with E-state index in [1.54, 1.807) is 41.5 Å². The zero-order valence-electron chi connectivity index (χ0n) is 25.3. The predicted molar refractivity (Wildman–Crippen MR) is 151 cm³/mol. The molecule has 218 valence electrons. The van der Waals surface area contributed by atoms with Crippen molar-refractivity contribution >= 4 is 28.1 Å². The molecule has 1 aromatic rings. The van der Waals surface area contributed by atoms with E-state index in [0.29, 0.717) is 13.0 Å². The summed E-state index contributed by atoms with van der Waals surface area (Å²) < 4.78 is 37.6. The van der Waals surface area contributed by atoms with Gasteiger partial charge in [-0.25, -0.2) is 14.2 Å². The predicted octanol–water partition coefficient (Wildman–Crippen LogP) is 7.89. The van der Waals surface area contributed by atoms with Gasteiger partial charge in [-0.3, -0.25) is 9.05 Å². The van der Waals surface area contributed by atoms with Crippen molar-refractivity contribution in [1.29, 1.82) is 0 Å². The van der Waals surface area contributed by atoms with Gasteiger partial charge in [0, 0.05) is 12.2 Å². The maximum atomic E-state index is 13.9. The van der Waals surface area contributed by atoms with Crippen molar-refractivity contribution in [3.63, 3.8) is 0 Å². The van der Waals surface area contributed by atoms with Crippen LogP contribution in [0.2, 0.25) is 18.1 Å². The van der Waals surface area contributed by atoms with Crippen LogP contribution < -0.4 is 4.52 Å². The fourth-order valence-electron chi connectivity index (χ4n) is 3.43. The fraction of sp³-hybridized carbons (Fsp3) is 0.704. The van der Waals surface area contributed by atoms with E-state index < -0.39 is 44.7 Å². The third-order valence-corrected chi connectivity index (χ3v) is 12.7. The van der Waals surface area contributed by atoms with E-state index in [-0.39, 0.29) is 27.5 Å². The van der Waals surface area contributed by atoms with Crippen LogP contribution in [0.3, 0.4) is 0 Å². The molecule has 0 saturated heterocycles. The van der Waals surface area contributed by atoms with Crippen molar-refractivity contribution in [3.8, 4) is 5.75 Å². The van der Waals surface area contributed by atoms with Crippen molar-refractivity contribution < 1.29 is 42.4 Å². The zero-order chi connectivity index (χ0) is 30.1. The van der Waals surface area contributed by atoms with Crippen LogP contribution in [0.4, 0.5) is 0 Å². The highest BCUT2D eigenvalue weighted by molar-refractivity contribution is 7.49. The van der Waals surface area contributed by atoms with E-state index in [1.807, 2.05) is 13.8 Å². The number of hydrogen-bond donors (Lipinski definition) is 2. The van der Waals surface area contributed by atoms with E-state index >= 15 is 0 Å². The third kappa shape index (κ3) is 9.79. The molecule has 0 unspecified atom stereocenters. The molecule has 0 spiro atoms. The summed E-state index contributed by atoms with van der Waals surface area (Å²) in [4.78, 5) is 24.3. The average molecular weight is 575 g/mol. The van der Waals surface area contributed by atoms with Gasteiger partial charge in [-0.15, -0.1) is 0 Å². The fourth-order valence-corrected chi connectivity index (χ4v) is 6.31. The SMILES string of the molecule is CC(C)(C)OP(=O)(Oc1cc(C(=O)O)cc(C(=O)O)c1C(C)(C)CCO[Si](C)(C)C(C)(C)C)OC(C)(C)C. The van der Waals surface area contributed by atoms with Crippen LogP contribution >= 0.6 is 7.82 Å². The zero-order valence-corrected chi connectivity index (χ0v) is 27.2. The first kappa shape index (κ1) is 34.3. The Bertz CT molecular complexity index is 1050. The summed E-state index contributed by atoms with van der Waals surface area (Å²) in [5.74, 6) is -2.88. The number of hydrogen-bond acceptors (Lipinski definition) is 7. The van der Waals surface area contributed by atoms with Crippen molar-refractivity contribution in [1.82, 2.24) is 0 Å². The van der Waals surface area contributed by atoms with E-state index in [4.69, 9.17) is 18.0 Å². The summed E-state index contributed by atoms with van der Waals surface area (Å²) in [6, 6.07) is 2.26. The average Bonchev–Trinajstić information content (AvgIpc) is 2.62. The Morgan fingerprint density at radius 1 is 0.842 bits per heavy atom. The van der Waals surface area contributed by atoms with Gasteiger partial charge < -0.3 is 19.2 Å². The molecule has 1 rings (SSSR count). The molecule has 0 saturated carbocycles. The lowest BCUT2D eigenvalue weighted by molar-refractivity contribution is 0.0219. The van der Waals surface area contributed by atoms with Gasteiger partial charge in [-0.1, -0.05) is 34.6 Å². The molecule has 0 aliphatic heterocycles. The van der Waals surface area contributed by atoms with Crippen LogP contribution in [0.25, 0.3) is 0 Å². The second-order valence-electron chi connectivity index (χ2n) is 13.7. The quantitative estimate of drug-likeness (QED) is 0.200. The minimum absolute atomic E-state index is 0.0119. The van der Waals surface area contributed by atoms with Crippen LogP contribution in [-0.2, 0) is 23.5 Å². The summed E-state index contributed by atoms with van der Waals surface area (Å²) in [7, 11) is -6.45. The van der Waals surface area contributed by atoms with Crippen LogP contribution in [-0.4, -0.2) is 48.3 Å². The smallest absolute Gasteiger partial charge is 0.478 e. The second-order valence-corrected chi connectivity index (χ2v) is 19.9. The topological polar surface area (TPSA) is 129 Å². The molecule has 0 bridgehead atoms. The summed E-state index contributed by atoms with van der Waals surface area (Å²) in [5.41, 5.74) is -3.19. The summed E-state index contributed by atoms with van der Waals surface area (Å²) in [6.07, 6.45) is 0.396. The number of phosphoric acid groups is 1. The van der Waals surface area contributed by atoms with Crippen molar-refractivity contribution in [2.24, 2.45) is 0 Å². The van der Waals surface area contributed by atoms with Gasteiger partial charge in [0.15, 0.2) is 8.32 Å². The van der Waals surface area contributed by atoms with Crippen LogP contribution in [0.15, 0.2) is 12.1 Å². The van der Waals surface area contributed by atoms with Crippen LogP contribution in [0.1, 0.15) is 109 Å². The van der Waals surface area contributed by atoms with Crippen LogP contribution in [0.5, 0.6) is 5.75 Å². The van der Waals surface area contributed by atoms with Crippen LogP contribution in [0, 0.1) is 0 Å². The van der Waals surface area contributed by atoms with Gasteiger partial charge in [-0.2, -0.15) is 0 Å². The van der Waals surface area contributed by atoms with Crippen molar-refractivity contribution in [2.75, 3.05) is 6.61 Å². The highest BCUT2D eigenvalue weighted by Gasteiger charge is 2.42. The molecular formula is C27H47O9PSi. The number of carboxylic acids is 2. The van der Waals surface area contributed by atoms with E-state index in [9.17, 15) is 24.4 Å². The number of rotatable bonds is 11. The number of carboxylic acid groups (broad SMARTS) is 2. The lowest BCUT2D eigenvalue weighted by Crippen LogP contribution is -2.41. The molecule has 38 heavy (non-hydrogen) atoms. The molecular weight excluding hydrogens is 527 g/mol. The minimum Gasteiger partial charge on any atom is -0.478 e. The standard InChI is InChI=1S/C27H47O9PSi/c1-24(2,3)35-37(32,36-25(4,5)6)34-20-17-18(22(28)29)16-19(23(30)31)21(20)27(10,11)14-15-33-38(12,13)26(7,8)9/h16-17H,14-15H2,1-13H3,(H,28,29)(H,30,31). The Labute approximate surface area is 229 Å². The van der Waals surface area contributed by atoms with Gasteiger partial charge >= 0.3 is 19.8 Å². The Balaban J connectivity index is 3.75. The Kier molecular flexibility index (Phi) is 10.3. The first-order chi connectivity index (χ1) is 16.7. The van der Waals surface area contributed by atoms with Gasteiger partial charge in [0.05, 0.1) is 22.3 Å². The molecule has 9 nitrogen and oxygen atoms in total. The Hall–Kier alpha value is -1.71. The van der Waals surface area contributed by atoms with Gasteiger partial charge in [0.25, 0.3) is 0 Å². The lowest BCUT2D eigenvalue weighted by Gasteiger charge is -2.38. The molecule has 0 aliphatic carbocycles. The van der Waals surface area contributed by atoms with Crippen molar-refractivity contribution in [2.45, 2.75) is 117 Å². The maximum absolute atomic E-state index is 13.9. The number of phosphoric ester groups is 1. The molecule has 0 heterocycles. The first-order valence-electron chi connectivity index (χ1n) is 12.7. The number of carbonyl (C=O) groups is 2. The highest BCUT2D eigenvalue weighted by Crippen LogP contribution is 2.57. The number of benzene rings is 1. The first-order valence-corrected chi connectivity index (χ1v) is 17.1. The Morgan fingerprint density at radius 2 is 1.32 bits per heavy atom. The van der Waals surface area contributed by atoms with E-state index in [2.05, 4.69) is 33.9 Å². The molecule has 0 amide bonds. The third-order valence-electron chi connectivity index (χ3n) is 6.23. The molecule has 11 heteroatoms. The maximum Gasteiger partial charge on any atom is 0.531 e. The highest BCUT2D eigenvalue weighted by atomic mass is 31.2. The monoisotopic (exact) mass is 574 g/mol. The van der Waals surface area contributed by atoms with Gasteiger partial charge in [0.1, 0.15) is 5.75 Å². The van der Waals surface area contributed by atoms with Gasteiger partial charge in [-0.05, 0) is 83.6 Å².